The summed E-state index contributed by atoms with van der Waals surface area (Å²) in [5.41, 5.74) is 0. The Morgan fingerprint density at radius 1 is 1.54 bits per heavy atom. The van der Waals surface area contributed by atoms with E-state index in [9.17, 15) is 9.90 Å². The van der Waals surface area contributed by atoms with Crippen LogP contribution in [0.5, 0.6) is 0 Å². The maximum absolute atomic E-state index is 9.96. The number of hydrogen-bond donors (Lipinski definition) is 3. The molecule has 0 radical (unpaired) electrons. The third-order valence-electron chi connectivity index (χ3n) is 1.29. The number of ether oxygens (including phenoxy) is 1. The van der Waals surface area contributed by atoms with E-state index in [4.69, 9.17) is 10.2 Å². The van der Waals surface area contributed by atoms with Gasteiger partial charge in [0.15, 0.2) is 6.29 Å². The van der Waals surface area contributed by atoms with Gasteiger partial charge in [0, 0.05) is 13.3 Å². The van der Waals surface area contributed by atoms with Gasteiger partial charge in [0.2, 0.25) is 6.29 Å². The summed E-state index contributed by atoms with van der Waals surface area (Å²) in [6, 6.07) is 0. The predicted molar refractivity (Wildman–Crippen MR) is 44.5 cm³/mol. The van der Waals surface area contributed by atoms with E-state index < -0.39 is 25.1 Å². The first-order chi connectivity index (χ1) is 6.15. The van der Waals surface area contributed by atoms with Crippen molar-refractivity contribution in [2.24, 2.45) is 4.99 Å². The summed E-state index contributed by atoms with van der Waals surface area (Å²) in [5, 5.41) is 26.6. The van der Waals surface area contributed by atoms with E-state index in [0.29, 0.717) is 0 Å². The zero-order chi connectivity index (χ0) is 10.3. The standard InChI is InChI=1S/C7H13NO5/c1-8-2-5(11)6(3-9)13-7(12)4-10/h2,4-7,9,11-12H,3H2,1H3/b8-2+. The highest BCUT2D eigenvalue weighted by Gasteiger charge is 2.20. The molecular formula is C7H13NO5. The molecule has 0 amide bonds. The summed E-state index contributed by atoms with van der Waals surface area (Å²) in [4.78, 5) is 13.5. The molecule has 0 saturated carbocycles. The Kier molecular flexibility index (Phi) is 6.25. The highest BCUT2D eigenvalue weighted by atomic mass is 16.6. The summed E-state index contributed by atoms with van der Waals surface area (Å²) in [7, 11) is 1.44. The molecule has 13 heavy (non-hydrogen) atoms. The molecule has 76 valence electrons. The second-order valence-electron chi connectivity index (χ2n) is 2.28. The summed E-state index contributed by atoms with van der Waals surface area (Å²) >= 11 is 0. The zero-order valence-corrected chi connectivity index (χ0v) is 7.20. The molecule has 0 bridgehead atoms. The van der Waals surface area contributed by atoms with Crippen molar-refractivity contribution >= 4 is 12.5 Å². The first-order valence-electron chi connectivity index (χ1n) is 3.65. The Hall–Kier alpha value is -0.820. The van der Waals surface area contributed by atoms with Gasteiger partial charge in [-0.1, -0.05) is 0 Å². The molecular weight excluding hydrogens is 178 g/mol. The molecule has 0 aliphatic rings. The van der Waals surface area contributed by atoms with Crippen LogP contribution in [-0.4, -0.2) is 60.0 Å². The van der Waals surface area contributed by atoms with E-state index in [1.54, 1.807) is 0 Å². The third-order valence-corrected chi connectivity index (χ3v) is 1.29. The lowest BCUT2D eigenvalue weighted by molar-refractivity contribution is -0.168. The van der Waals surface area contributed by atoms with Gasteiger partial charge in [0.05, 0.1) is 6.61 Å². The largest absolute Gasteiger partial charge is 0.394 e. The number of carbonyl (C=O) groups is 1. The topological polar surface area (TPSA) is 99.4 Å². The van der Waals surface area contributed by atoms with Gasteiger partial charge in [-0.15, -0.1) is 0 Å². The van der Waals surface area contributed by atoms with Gasteiger partial charge in [0.25, 0.3) is 0 Å². The lowest BCUT2D eigenvalue weighted by Gasteiger charge is -2.19. The minimum atomic E-state index is -1.64. The van der Waals surface area contributed by atoms with Crippen molar-refractivity contribution in [2.75, 3.05) is 13.7 Å². The highest BCUT2D eigenvalue weighted by Crippen LogP contribution is 1.99. The van der Waals surface area contributed by atoms with Gasteiger partial charge in [0.1, 0.15) is 12.2 Å². The van der Waals surface area contributed by atoms with Crippen LogP contribution < -0.4 is 0 Å². The fourth-order valence-corrected chi connectivity index (χ4v) is 0.691. The molecule has 0 aromatic carbocycles. The predicted octanol–water partition coefficient (Wildman–Crippen LogP) is -2.06. The molecule has 0 aromatic rings. The summed E-state index contributed by atoms with van der Waals surface area (Å²) in [6.07, 6.45) is -2.55. The maximum Gasteiger partial charge on any atom is 0.212 e. The van der Waals surface area contributed by atoms with Crippen molar-refractivity contribution in [1.82, 2.24) is 0 Å². The fourth-order valence-electron chi connectivity index (χ4n) is 0.691. The molecule has 0 rings (SSSR count). The van der Waals surface area contributed by atoms with Crippen LogP contribution in [-0.2, 0) is 9.53 Å². The van der Waals surface area contributed by atoms with Gasteiger partial charge >= 0.3 is 0 Å². The minimum absolute atomic E-state index is 0.151. The van der Waals surface area contributed by atoms with Gasteiger partial charge in [-0.25, -0.2) is 0 Å². The number of rotatable bonds is 6. The second-order valence-corrected chi connectivity index (χ2v) is 2.28. The van der Waals surface area contributed by atoms with Crippen LogP contribution in [0.15, 0.2) is 4.99 Å². The molecule has 0 fully saturated rings. The van der Waals surface area contributed by atoms with E-state index in [0.717, 1.165) is 6.21 Å². The molecule has 3 atom stereocenters. The Morgan fingerprint density at radius 3 is 2.54 bits per heavy atom. The number of aldehydes is 1. The van der Waals surface area contributed by atoms with Gasteiger partial charge in [-0.05, 0) is 0 Å². The molecule has 3 N–H and O–H groups in total. The molecule has 0 heterocycles. The molecule has 0 aliphatic carbocycles. The van der Waals surface area contributed by atoms with Gasteiger partial charge < -0.3 is 20.1 Å². The van der Waals surface area contributed by atoms with E-state index in [2.05, 4.69) is 9.73 Å². The average molecular weight is 191 g/mol. The Bertz CT molecular complexity index is 172. The summed E-state index contributed by atoms with van der Waals surface area (Å²) in [5.74, 6) is 0. The molecule has 0 saturated heterocycles. The van der Waals surface area contributed by atoms with Crippen LogP contribution in [0.2, 0.25) is 0 Å². The Morgan fingerprint density at radius 2 is 2.15 bits per heavy atom. The van der Waals surface area contributed by atoms with Crippen molar-refractivity contribution < 1.29 is 24.9 Å². The third kappa shape index (κ3) is 4.69. The number of aliphatic hydroxyl groups excluding tert-OH is 3. The summed E-state index contributed by atoms with van der Waals surface area (Å²) < 4.78 is 4.56. The Balaban J connectivity index is 4.08. The molecule has 3 unspecified atom stereocenters. The lowest BCUT2D eigenvalue weighted by Crippen LogP contribution is -2.37. The second kappa shape index (κ2) is 6.67. The average Bonchev–Trinajstić information content (AvgIpc) is 2.14. The lowest BCUT2D eigenvalue weighted by atomic mass is 10.2. The molecule has 0 aromatic heterocycles. The van der Waals surface area contributed by atoms with Gasteiger partial charge in [-0.2, -0.15) is 0 Å². The van der Waals surface area contributed by atoms with E-state index in [-0.39, 0.29) is 6.29 Å². The monoisotopic (exact) mass is 191 g/mol. The highest BCUT2D eigenvalue weighted by molar-refractivity contribution is 5.63. The van der Waals surface area contributed by atoms with Crippen molar-refractivity contribution in [3.63, 3.8) is 0 Å². The minimum Gasteiger partial charge on any atom is -0.394 e. The number of carbonyl (C=O) groups excluding carboxylic acids is 1. The van der Waals surface area contributed by atoms with E-state index in [1.165, 1.54) is 7.05 Å². The smallest absolute Gasteiger partial charge is 0.212 e. The number of aliphatic imine (C=N–C) groups is 1. The van der Waals surface area contributed by atoms with Crippen LogP contribution in [0.4, 0.5) is 0 Å². The SMILES string of the molecule is C/N=C/C(O)C(CO)OC(O)C=O. The van der Waals surface area contributed by atoms with Crippen LogP contribution in [0.1, 0.15) is 0 Å². The van der Waals surface area contributed by atoms with E-state index >= 15 is 0 Å². The first kappa shape index (κ1) is 12.2. The molecule has 0 aliphatic heterocycles. The zero-order valence-electron chi connectivity index (χ0n) is 7.20. The number of aliphatic hydroxyl groups is 3. The van der Waals surface area contributed by atoms with E-state index in [1.807, 2.05) is 0 Å². The van der Waals surface area contributed by atoms with Crippen molar-refractivity contribution in [3.05, 3.63) is 0 Å². The van der Waals surface area contributed by atoms with Crippen LogP contribution in [0, 0.1) is 0 Å². The molecule has 6 heteroatoms. The summed E-state index contributed by atoms with van der Waals surface area (Å²) in [6.45, 7) is -0.516. The van der Waals surface area contributed by atoms with Crippen LogP contribution in [0.3, 0.4) is 0 Å². The van der Waals surface area contributed by atoms with Crippen molar-refractivity contribution in [2.45, 2.75) is 18.5 Å². The molecule has 0 spiro atoms. The van der Waals surface area contributed by atoms with Gasteiger partial charge in [-0.3, -0.25) is 9.79 Å². The van der Waals surface area contributed by atoms with Crippen LogP contribution >= 0.6 is 0 Å². The quantitative estimate of drug-likeness (QED) is 0.255. The Labute approximate surface area is 75.5 Å². The number of hydrogen-bond acceptors (Lipinski definition) is 6. The molecule has 6 nitrogen and oxygen atoms in total. The fraction of sp³-hybridized carbons (Fsp3) is 0.714. The van der Waals surface area contributed by atoms with Crippen molar-refractivity contribution in [3.8, 4) is 0 Å². The van der Waals surface area contributed by atoms with Crippen molar-refractivity contribution in [1.29, 1.82) is 0 Å². The normalized spacial score (nSPS) is 18.5. The van der Waals surface area contributed by atoms with Crippen LogP contribution in [0.25, 0.3) is 0 Å². The number of nitrogens with zero attached hydrogens (tertiary/aromatic N) is 1. The maximum atomic E-state index is 9.96. The first-order valence-corrected chi connectivity index (χ1v) is 3.65.